The van der Waals surface area contributed by atoms with Gasteiger partial charge in [0.15, 0.2) is 0 Å². The van der Waals surface area contributed by atoms with Gasteiger partial charge in [0.05, 0.1) is 6.10 Å². The van der Waals surface area contributed by atoms with Crippen LogP contribution in [0.3, 0.4) is 0 Å². The molecule has 0 unspecified atom stereocenters. The number of halogens is 1. The molecule has 0 bridgehead atoms. The molecular formula is C33H45ClN4O5. The molecule has 3 fully saturated rings. The molecule has 1 spiro atoms. The van der Waals surface area contributed by atoms with E-state index in [0.29, 0.717) is 49.5 Å². The highest BCUT2D eigenvalue weighted by Gasteiger charge is 2.55. The predicted octanol–water partition coefficient (Wildman–Crippen LogP) is 4.27. The Balaban J connectivity index is 0.00000423. The molecule has 2 aliphatic heterocycles. The van der Waals surface area contributed by atoms with Gasteiger partial charge in [0.2, 0.25) is 11.8 Å². The number of piperazine rings is 1. The number of hydrogen-bond acceptors (Lipinski definition) is 6. The number of aliphatic hydroxyl groups excluding tert-OH is 1. The maximum absolute atomic E-state index is 13.7. The van der Waals surface area contributed by atoms with Crippen LogP contribution in [0.2, 0.25) is 0 Å². The zero-order chi connectivity index (χ0) is 29.7. The smallest absolute Gasteiger partial charge is 0.251 e. The third-order valence-corrected chi connectivity index (χ3v) is 9.27. The molecule has 2 aromatic carbocycles. The molecule has 0 radical (unpaired) electrons. The van der Waals surface area contributed by atoms with Crippen molar-refractivity contribution in [2.24, 2.45) is 5.92 Å². The van der Waals surface area contributed by atoms with Crippen molar-refractivity contribution >= 4 is 30.1 Å². The third-order valence-electron chi connectivity index (χ3n) is 9.27. The van der Waals surface area contributed by atoms with Gasteiger partial charge in [-0.3, -0.25) is 19.3 Å². The van der Waals surface area contributed by atoms with E-state index in [1.165, 1.54) is 6.42 Å². The Morgan fingerprint density at radius 2 is 1.63 bits per heavy atom. The highest BCUT2D eigenvalue weighted by molar-refractivity contribution is 6.00. The maximum atomic E-state index is 13.7. The largest absolute Gasteiger partial charge is 0.457 e. The van der Waals surface area contributed by atoms with Gasteiger partial charge in [0.25, 0.3) is 5.91 Å². The van der Waals surface area contributed by atoms with Crippen LogP contribution in [0.1, 0.15) is 74.2 Å². The summed E-state index contributed by atoms with van der Waals surface area (Å²) in [4.78, 5) is 43.2. The molecule has 0 aromatic heterocycles. The van der Waals surface area contributed by atoms with Gasteiger partial charge in [-0.2, -0.15) is 0 Å². The average molecular weight is 613 g/mol. The number of piperidine rings is 1. The number of likely N-dealkylation sites (tertiary alicyclic amines) is 1. The molecular weight excluding hydrogens is 568 g/mol. The summed E-state index contributed by atoms with van der Waals surface area (Å²) in [6.07, 6.45) is 6.22. The molecule has 3 amide bonds. The van der Waals surface area contributed by atoms with Crippen molar-refractivity contribution in [3.63, 3.8) is 0 Å². The van der Waals surface area contributed by atoms with Crippen molar-refractivity contribution < 1.29 is 24.2 Å². The summed E-state index contributed by atoms with van der Waals surface area (Å²) in [5.74, 6) is 1.06. The lowest BCUT2D eigenvalue weighted by Crippen LogP contribution is -2.75. The Hall–Kier alpha value is -3.14. The van der Waals surface area contributed by atoms with E-state index >= 15 is 0 Å². The van der Waals surface area contributed by atoms with Crippen molar-refractivity contribution in [3.05, 3.63) is 59.7 Å². The second kappa shape index (κ2) is 14.6. The third kappa shape index (κ3) is 7.16. The molecule has 5 rings (SSSR count). The highest BCUT2D eigenvalue weighted by Crippen LogP contribution is 2.36. The number of rotatable bonds is 9. The van der Waals surface area contributed by atoms with E-state index in [2.05, 4.69) is 15.5 Å². The van der Waals surface area contributed by atoms with Crippen LogP contribution >= 0.6 is 12.4 Å². The quantitative estimate of drug-likeness (QED) is 0.390. The Labute approximate surface area is 260 Å². The summed E-state index contributed by atoms with van der Waals surface area (Å²) in [6.45, 7) is 4.70. The highest BCUT2D eigenvalue weighted by atomic mass is 35.5. The Bertz CT molecular complexity index is 1240. The van der Waals surface area contributed by atoms with Gasteiger partial charge >= 0.3 is 0 Å². The summed E-state index contributed by atoms with van der Waals surface area (Å²) in [5.41, 5.74) is 0.865. The number of nitrogens with one attached hydrogen (secondary N) is 2. The molecule has 2 heterocycles. The first-order chi connectivity index (χ1) is 20.3. The van der Waals surface area contributed by atoms with Gasteiger partial charge in [-0.1, -0.05) is 38.3 Å². The Morgan fingerprint density at radius 3 is 2.21 bits per heavy atom. The summed E-state index contributed by atoms with van der Waals surface area (Å²) >= 11 is 0. The molecule has 9 nitrogen and oxygen atoms in total. The van der Waals surface area contributed by atoms with Crippen LogP contribution in [-0.4, -0.2) is 77.0 Å². The van der Waals surface area contributed by atoms with Crippen LogP contribution in [0.25, 0.3) is 0 Å². The minimum absolute atomic E-state index is 0. The van der Waals surface area contributed by atoms with Crippen molar-refractivity contribution in [1.29, 1.82) is 0 Å². The van der Waals surface area contributed by atoms with Gasteiger partial charge in [0, 0.05) is 38.8 Å². The first-order valence-electron chi connectivity index (χ1n) is 15.5. The summed E-state index contributed by atoms with van der Waals surface area (Å²) in [5, 5.41) is 16.7. The second-order valence-electron chi connectivity index (χ2n) is 12.0. The van der Waals surface area contributed by atoms with E-state index < -0.39 is 17.7 Å². The van der Waals surface area contributed by atoms with Gasteiger partial charge in [0.1, 0.15) is 23.1 Å². The molecule has 1 aliphatic carbocycles. The minimum atomic E-state index is -0.850. The van der Waals surface area contributed by atoms with Crippen LogP contribution in [0, 0.1) is 5.92 Å². The van der Waals surface area contributed by atoms with Crippen LogP contribution < -0.4 is 15.4 Å². The summed E-state index contributed by atoms with van der Waals surface area (Å²) in [6, 6.07) is 14.1. The van der Waals surface area contributed by atoms with Gasteiger partial charge in [-0.25, -0.2) is 0 Å². The monoisotopic (exact) mass is 612 g/mol. The Morgan fingerprint density at radius 1 is 1.02 bits per heavy atom. The summed E-state index contributed by atoms with van der Waals surface area (Å²) < 4.78 is 5.94. The number of amides is 3. The van der Waals surface area contributed by atoms with Crippen LogP contribution in [-0.2, 0) is 16.1 Å². The van der Waals surface area contributed by atoms with Crippen molar-refractivity contribution in [2.45, 2.75) is 82.5 Å². The Kier molecular flexibility index (Phi) is 11.1. The second-order valence-corrected chi connectivity index (χ2v) is 12.0. The maximum Gasteiger partial charge on any atom is 0.251 e. The van der Waals surface area contributed by atoms with E-state index in [0.717, 1.165) is 44.2 Å². The van der Waals surface area contributed by atoms with Crippen molar-refractivity contribution in [2.75, 3.05) is 26.7 Å². The lowest BCUT2D eigenvalue weighted by Gasteiger charge is -2.52. The van der Waals surface area contributed by atoms with Gasteiger partial charge < -0.3 is 25.4 Å². The number of carbonyl (C=O) groups is 3. The molecule has 43 heavy (non-hydrogen) atoms. The fourth-order valence-electron chi connectivity index (χ4n) is 6.82. The minimum Gasteiger partial charge on any atom is -0.457 e. The van der Waals surface area contributed by atoms with Crippen LogP contribution in [0.15, 0.2) is 48.5 Å². The van der Waals surface area contributed by atoms with E-state index in [9.17, 15) is 19.5 Å². The average Bonchev–Trinajstić information content (AvgIpc) is 3.03. The predicted molar refractivity (Wildman–Crippen MR) is 167 cm³/mol. The van der Waals surface area contributed by atoms with E-state index in [1.54, 1.807) is 36.2 Å². The fourth-order valence-corrected chi connectivity index (χ4v) is 6.82. The SMILES string of the molecule is CCCN1C(=O)[C@@H]([C@H](O)C2CCCCC2)NC(=O)C12CCN(Cc1ccc(Oc3ccc(C(=O)NC)cc3)cc1)CC2.Cl. The molecule has 3 aliphatic rings. The zero-order valence-electron chi connectivity index (χ0n) is 25.2. The van der Waals surface area contributed by atoms with Gasteiger partial charge in [-0.05, 0) is 80.0 Å². The van der Waals surface area contributed by atoms with Gasteiger partial charge in [-0.15, -0.1) is 12.4 Å². The first kappa shape index (κ1) is 32.8. The van der Waals surface area contributed by atoms with Crippen molar-refractivity contribution in [1.82, 2.24) is 20.4 Å². The van der Waals surface area contributed by atoms with Crippen LogP contribution in [0.5, 0.6) is 11.5 Å². The van der Waals surface area contributed by atoms with E-state index in [-0.39, 0.29) is 36.0 Å². The molecule has 2 atom stereocenters. The lowest BCUT2D eigenvalue weighted by atomic mass is 9.78. The number of ether oxygens (including phenoxy) is 1. The normalized spacial score (nSPS) is 21.6. The fraction of sp³-hybridized carbons (Fsp3) is 0.545. The lowest BCUT2D eigenvalue weighted by molar-refractivity contribution is -0.165. The number of carbonyl (C=O) groups excluding carboxylic acids is 3. The molecule has 10 heteroatoms. The molecule has 2 saturated heterocycles. The van der Waals surface area contributed by atoms with Crippen LogP contribution in [0.4, 0.5) is 0 Å². The first-order valence-corrected chi connectivity index (χ1v) is 15.5. The topological polar surface area (TPSA) is 111 Å². The van der Waals surface area contributed by atoms with E-state index in [1.807, 2.05) is 31.2 Å². The molecule has 2 aromatic rings. The molecule has 1 saturated carbocycles. The number of hydrogen-bond donors (Lipinski definition) is 3. The number of benzene rings is 2. The van der Waals surface area contributed by atoms with E-state index in [4.69, 9.17) is 4.74 Å². The molecule has 3 N–H and O–H groups in total. The zero-order valence-corrected chi connectivity index (χ0v) is 26.0. The number of aliphatic hydroxyl groups is 1. The number of nitrogens with zero attached hydrogens (tertiary/aromatic N) is 2. The summed E-state index contributed by atoms with van der Waals surface area (Å²) in [7, 11) is 1.60. The molecule has 234 valence electrons. The standard InChI is InChI=1S/C33H44N4O5.ClH/c1-3-19-37-31(40)28(29(38)24-7-5-4-6-8-24)35-32(41)33(37)17-20-36(21-18-33)22-23-9-13-26(14-10-23)42-27-15-11-25(12-16-27)30(39)34-2;/h9-16,24,28-29,38H,3-8,17-22H2,1-2H3,(H,34,39)(H,35,41);1H/t28-,29-;/m1./s1. The van der Waals surface area contributed by atoms with Crippen molar-refractivity contribution in [3.8, 4) is 11.5 Å².